The van der Waals surface area contributed by atoms with Gasteiger partial charge in [0, 0.05) is 17.6 Å². The number of likely N-dealkylation sites (tertiary alicyclic amines) is 1. The van der Waals surface area contributed by atoms with E-state index in [1.54, 1.807) is 6.08 Å². The van der Waals surface area contributed by atoms with E-state index < -0.39 is 21.2 Å². The Morgan fingerprint density at radius 3 is 2.50 bits per heavy atom. The van der Waals surface area contributed by atoms with E-state index >= 15 is 0 Å². The van der Waals surface area contributed by atoms with Crippen molar-refractivity contribution in [3.8, 4) is 0 Å². The van der Waals surface area contributed by atoms with Crippen LogP contribution in [0.3, 0.4) is 0 Å². The fourth-order valence-electron chi connectivity index (χ4n) is 2.79. The molecule has 1 saturated heterocycles. The molecule has 1 fully saturated rings. The van der Waals surface area contributed by atoms with Crippen molar-refractivity contribution in [1.29, 1.82) is 0 Å². The van der Waals surface area contributed by atoms with Gasteiger partial charge < -0.3 is 9.04 Å². The first-order chi connectivity index (χ1) is 8.15. The van der Waals surface area contributed by atoms with E-state index in [9.17, 15) is 17.2 Å². The van der Waals surface area contributed by atoms with Crippen molar-refractivity contribution in [3.05, 3.63) is 12.7 Å². The van der Waals surface area contributed by atoms with Crippen molar-refractivity contribution in [1.82, 2.24) is 0 Å². The lowest BCUT2D eigenvalue weighted by molar-refractivity contribution is -0.894. The summed E-state index contributed by atoms with van der Waals surface area (Å²) >= 11 is -2.20. The number of rotatable bonds is 6. The van der Waals surface area contributed by atoms with Crippen LogP contribution in [-0.2, 0) is 21.2 Å². The van der Waals surface area contributed by atoms with Crippen LogP contribution < -0.4 is 0 Å². The summed E-state index contributed by atoms with van der Waals surface area (Å²) in [7, 11) is -2.14. The summed E-state index contributed by atoms with van der Waals surface area (Å²) in [6.45, 7) is 5.43. The number of hydrogen-bond acceptors (Lipinski definition) is 4. The van der Waals surface area contributed by atoms with E-state index in [0.717, 1.165) is 0 Å². The van der Waals surface area contributed by atoms with Gasteiger partial charge in [-0.25, -0.2) is 0 Å². The Bertz CT molecular complexity index is 436. The van der Waals surface area contributed by atoms with Gasteiger partial charge in [0.15, 0.2) is 0 Å². The number of likely N-dealkylation sites (N-methyl/N-ethyl adjacent to an activating group) is 1. The molecule has 1 rings (SSSR count). The molecule has 18 heavy (non-hydrogen) atoms. The highest BCUT2D eigenvalue weighted by atomic mass is 32.2. The molecule has 106 valence electrons. The van der Waals surface area contributed by atoms with Crippen LogP contribution in [0.5, 0.6) is 0 Å². The third-order valence-electron chi connectivity index (χ3n) is 3.36. The molecular formula is C10H19NO5S2. The largest absolute Gasteiger partial charge is 0.772 e. The number of hydrogen-bond donors (Lipinski definition) is 1. The molecule has 0 aromatic rings. The molecule has 1 heterocycles. The van der Waals surface area contributed by atoms with Crippen LogP contribution >= 0.6 is 0 Å². The Kier molecular flexibility index (Phi) is 5.07. The Morgan fingerprint density at radius 1 is 1.50 bits per heavy atom. The average Bonchev–Trinajstić information content (AvgIpc) is 2.38. The minimum Gasteiger partial charge on any atom is -0.772 e. The highest BCUT2D eigenvalue weighted by Crippen LogP contribution is 2.30. The van der Waals surface area contributed by atoms with E-state index in [1.807, 2.05) is 7.05 Å². The van der Waals surface area contributed by atoms with Gasteiger partial charge in [-0.3, -0.25) is 8.76 Å². The molecule has 1 aliphatic rings. The molecule has 0 spiro atoms. The SMILES string of the molecule is C=CC[N+]1(C)CC(CS(=O)[O-])C(CS(=O)(=O)O)C1. The Morgan fingerprint density at radius 2 is 2.06 bits per heavy atom. The van der Waals surface area contributed by atoms with E-state index in [4.69, 9.17) is 4.55 Å². The first-order valence-electron chi connectivity index (χ1n) is 5.61. The van der Waals surface area contributed by atoms with Gasteiger partial charge >= 0.3 is 0 Å². The Hall–Kier alpha value is -0.280. The third kappa shape index (κ3) is 4.77. The maximum Gasteiger partial charge on any atom is 0.265 e. The van der Waals surface area contributed by atoms with Gasteiger partial charge in [0.2, 0.25) is 0 Å². The smallest absolute Gasteiger partial charge is 0.265 e. The van der Waals surface area contributed by atoms with Crippen LogP contribution in [0, 0.1) is 11.8 Å². The van der Waals surface area contributed by atoms with Crippen LogP contribution in [0.2, 0.25) is 0 Å². The van der Waals surface area contributed by atoms with E-state index in [2.05, 4.69) is 6.58 Å². The fourth-order valence-corrected chi connectivity index (χ4v) is 4.43. The van der Waals surface area contributed by atoms with Gasteiger partial charge in [-0.05, 0) is 6.08 Å². The molecule has 0 aromatic carbocycles. The van der Waals surface area contributed by atoms with Crippen molar-refractivity contribution >= 4 is 21.2 Å². The molecule has 0 aliphatic carbocycles. The summed E-state index contributed by atoms with van der Waals surface area (Å²) in [5, 5.41) is 0. The molecular weight excluding hydrogens is 278 g/mol. The van der Waals surface area contributed by atoms with Crippen molar-refractivity contribution < 1.29 is 26.2 Å². The van der Waals surface area contributed by atoms with Crippen LogP contribution in [0.1, 0.15) is 0 Å². The van der Waals surface area contributed by atoms with E-state index in [0.29, 0.717) is 24.1 Å². The summed E-state index contributed by atoms with van der Waals surface area (Å²) in [5.74, 6) is -1.01. The topological polar surface area (TPSA) is 94.5 Å². The predicted octanol–water partition coefficient (Wildman–Crippen LogP) is -0.368. The quantitative estimate of drug-likeness (QED) is 0.312. The van der Waals surface area contributed by atoms with Crippen LogP contribution in [0.25, 0.3) is 0 Å². The Balaban J connectivity index is 2.84. The van der Waals surface area contributed by atoms with E-state index in [1.165, 1.54) is 0 Å². The molecule has 1 N–H and O–H groups in total. The first kappa shape index (κ1) is 15.8. The maximum atomic E-state index is 11.0. The second-order valence-corrected chi connectivity index (χ2v) is 7.63. The number of quaternary nitrogens is 1. The molecule has 4 atom stereocenters. The first-order valence-corrected chi connectivity index (χ1v) is 8.46. The zero-order chi connectivity index (χ0) is 14.0. The van der Waals surface area contributed by atoms with Gasteiger partial charge in [-0.15, -0.1) is 0 Å². The normalized spacial score (nSPS) is 34.4. The molecule has 0 amide bonds. The van der Waals surface area contributed by atoms with Crippen LogP contribution in [0.15, 0.2) is 12.7 Å². The maximum absolute atomic E-state index is 11.0. The molecule has 0 radical (unpaired) electrons. The second-order valence-electron chi connectivity index (χ2n) is 5.20. The minimum absolute atomic E-state index is 0.0643. The highest BCUT2D eigenvalue weighted by Gasteiger charge is 2.43. The summed E-state index contributed by atoms with van der Waals surface area (Å²) < 4.78 is 53.0. The summed E-state index contributed by atoms with van der Waals surface area (Å²) in [5.41, 5.74) is 0. The van der Waals surface area contributed by atoms with Gasteiger partial charge in [0.25, 0.3) is 10.1 Å². The van der Waals surface area contributed by atoms with Gasteiger partial charge in [-0.2, -0.15) is 8.42 Å². The highest BCUT2D eigenvalue weighted by molar-refractivity contribution is 7.85. The lowest BCUT2D eigenvalue weighted by atomic mass is 10.0. The van der Waals surface area contributed by atoms with Crippen molar-refractivity contribution in [2.45, 2.75) is 0 Å². The molecule has 1 aliphatic heterocycles. The monoisotopic (exact) mass is 297 g/mol. The predicted molar refractivity (Wildman–Crippen MR) is 68.2 cm³/mol. The lowest BCUT2D eigenvalue weighted by Crippen LogP contribution is -2.42. The van der Waals surface area contributed by atoms with Crippen molar-refractivity contribution in [2.24, 2.45) is 11.8 Å². The van der Waals surface area contributed by atoms with Gasteiger partial charge in [0.05, 0.1) is 32.4 Å². The summed E-state index contributed by atoms with van der Waals surface area (Å²) in [4.78, 5) is 0. The second kappa shape index (κ2) is 5.79. The molecule has 0 bridgehead atoms. The van der Waals surface area contributed by atoms with Gasteiger partial charge in [-0.1, -0.05) is 17.7 Å². The van der Waals surface area contributed by atoms with Gasteiger partial charge in [0.1, 0.15) is 0 Å². The third-order valence-corrected chi connectivity index (χ3v) is 4.91. The zero-order valence-electron chi connectivity index (χ0n) is 10.3. The minimum atomic E-state index is -4.08. The number of nitrogens with zero attached hydrogens (tertiary/aromatic N) is 1. The fraction of sp³-hybridized carbons (Fsp3) is 0.800. The standard InChI is InChI=1S/C10H19NO5S2/c1-3-4-11(2)5-9(7-17(12)13)10(6-11)8-18(14,15)16/h3,9-10H,1,4-8H2,2H3,(H-,12,13,14,15,16). The van der Waals surface area contributed by atoms with Crippen molar-refractivity contribution in [2.75, 3.05) is 38.2 Å². The summed E-state index contributed by atoms with van der Waals surface area (Å²) in [6.07, 6.45) is 1.74. The van der Waals surface area contributed by atoms with Crippen LogP contribution in [0.4, 0.5) is 0 Å². The molecule has 6 nitrogen and oxygen atoms in total. The lowest BCUT2D eigenvalue weighted by Gasteiger charge is -2.28. The van der Waals surface area contributed by atoms with E-state index in [-0.39, 0.29) is 23.3 Å². The average molecular weight is 297 g/mol. The zero-order valence-corrected chi connectivity index (χ0v) is 12.0. The summed E-state index contributed by atoms with van der Waals surface area (Å²) in [6, 6.07) is 0. The Labute approximate surface area is 110 Å². The molecule has 0 aromatic heterocycles. The van der Waals surface area contributed by atoms with Crippen LogP contribution in [-0.4, -0.2) is 64.4 Å². The van der Waals surface area contributed by atoms with Crippen molar-refractivity contribution in [3.63, 3.8) is 0 Å². The molecule has 0 saturated carbocycles. The molecule has 8 heteroatoms. The molecule has 4 unspecified atom stereocenters.